The first-order valence-corrected chi connectivity index (χ1v) is 5.92. The van der Waals surface area contributed by atoms with Crippen LogP contribution in [0.4, 0.5) is 0 Å². The van der Waals surface area contributed by atoms with Gasteiger partial charge in [-0.3, -0.25) is 4.79 Å². The molecule has 0 saturated carbocycles. The monoisotopic (exact) mass is 276 g/mol. The SMILES string of the molecule is CCOC(=O)c1ccc(-[n+]2noc([O-])c2C(C)=O)cc1. The fourth-order valence-corrected chi connectivity index (χ4v) is 1.67. The second-order valence-electron chi connectivity index (χ2n) is 3.94. The lowest BCUT2D eigenvalue weighted by Crippen LogP contribution is -2.38. The maximum atomic E-state index is 11.5. The first kappa shape index (κ1) is 13.7. The highest BCUT2D eigenvalue weighted by Gasteiger charge is 2.24. The smallest absolute Gasteiger partial charge is 0.338 e. The molecule has 0 bridgehead atoms. The third-order valence-electron chi connectivity index (χ3n) is 2.57. The number of rotatable bonds is 4. The van der Waals surface area contributed by atoms with E-state index in [9.17, 15) is 14.7 Å². The molecule has 0 aliphatic heterocycles. The molecule has 0 aliphatic carbocycles. The molecule has 0 spiro atoms. The van der Waals surface area contributed by atoms with E-state index in [2.05, 4.69) is 9.79 Å². The summed E-state index contributed by atoms with van der Waals surface area (Å²) in [7, 11) is 0. The highest BCUT2D eigenvalue weighted by Crippen LogP contribution is 2.12. The predicted molar refractivity (Wildman–Crippen MR) is 63.4 cm³/mol. The Morgan fingerprint density at radius 3 is 2.55 bits per heavy atom. The second kappa shape index (κ2) is 5.52. The Hall–Kier alpha value is -2.70. The minimum atomic E-state index is -0.799. The quantitative estimate of drug-likeness (QED) is 0.455. The zero-order valence-electron chi connectivity index (χ0n) is 11.0. The number of Topliss-reactive ketones (excluding diaryl/α,β-unsaturated/α-hetero) is 1. The van der Waals surface area contributed by atoms with Crippen LogP contribution in [0.15, 0.2) is 28.8 Å². The van der Waals surface area contributed by atoms with Gasteiger partial charge < -0.3 is 14.4 Å². The van der Waals surface area contributed by atoms with Gasteiger partial charge in [0.15, 0.2) is 5.95 Å². The van der Waals surface area contributed by atoms with Gasteiger partial charge in [0.05, 0.1) is 17.4 Å². The molecule has 1 heterocycles. The lowest BCUT2D eigenvalue weighted by molar-refractivity contribution is -0.672. The number of hydrogen-bond acceptors (Lipinski definition) is 6. The van der Waals surface area contributed by atoms with E-state index in [4.69, 9.17) is 4.74 Å². The number of benzene rings is 1. The van der Waals surface area contributed by atoms with Crippen LogP contribution in [-0.4, -0.2) is 23.6 Å². The van der Waals surface area contributed by atoms with Gasteiger partial charge in [0.1, 0.15) is 0 Å². The number of esters is 1. The van der Waals surface area contributed by atoms with Gasteiger partial charge in [-0.2, -0.15) is 0 Å². The zero-order chi connectivity index (χ0) is 14.7. The van der Waals surface area contributed by atoms with Crippen molar-refractivity contribution < 1.29 is 28.6 Å². The third-order valence-corrected chi connectivity index (χ3v) is 2.57. The molecule has 0 amide bonds. The summed E-state index contributed by atoms with van der Waals surface area (Å²) in [6, 6.07) is 6.12. The molecule has 104 valence electrons. The van der Waals surface area contributed by atoms with Crippen molar-refractivity contribution in [3.63, 3.8) is 0 Å². The summed E-state index contributed by atoms with van der Waals surface area (Å²) in [6.07, 6.45) is 0. The standard InChI is InChI=1S/C13H12N2O5/c1-3-19-12(17)9-4-6-10(7-5-9)15-11(8(2)16)13(18)20-14-15/h4-7H,3H2,1-2H3. The van der Waals surface area contributed by atoms with E-state index in [0.717, 1.165) is 4.68 Å². The third kappa shape index (κ3) is 2.51. The van der Waals surface area contributed by atoms with Crippen molar-refractivity contribution in [2.75, 3.05) is 6.61 Å². The number of ketones is 1. The zero-order valence-corrected chi connectivity index (χ0v) is 11.0. The summed E-state index contributed by atoms with van der Waals surface area (Å²) in [4.78, 5) is 22.9. The van der Waals surface area contributed by atoms with Crippen LogP contribution in [-0.2, 0) is 4.74 Å². The normalized spacial score (nSPS) is 10.3. The van der Waals surface area contributed by atoms with Crippen LogP contribution in [0.3, 0.4) is 0 Å². The van der Waals surface area contributed by atoms with Gasteiger partial charge in [-0.25, -0.2) is 4.79 Å². The summed E-state index contributed by atoms with van der Waals surface area (Å²) >= 11 is 0. The van der Waals surface area contributed by atoms with Gasteiger partial charge in [-0.1, -0.05) is 0 Å². The van der Waals surface area contributed by atoms with E-state index < -0.39 is 17.7 Å². The van der Waals surface area contributed by atoms with E-state index in [0.29, 0.717) is 11.3 Å². The fraction of sp³-hybridized carbons (Fsp3) is 0.231. The minimum Gasteiger partial charge on any atom is -0.539 e. The molecule has 7 nitrogen and oxygen atoms in total. The van der Waals surface area contributed by atoms with Gasteiger partial charge in [0, 0.05) is 19.1 Å². The first-order valence-electron chi connectivity index (χ1n) is 5.92. The van der Waals surface area contributed by atoms with Crippen molar-refractivity contribution in [2.45, 2.75) is 13.8 Å². The lowest BCUT2D eigenvalue weighted by Gasteiger charge is -2.00. The van der Waals surface area contributed by atoms with E-state index in [1.54, 1.807) is 19.1 Å². The molecule has 0 saturated heterocycles. The minimum absolute atomic E-state index is 0.172. The van der Waals surface area contributed by atoms with Gasteiger partial charge in [-0.15, -0.1) is 0 Å². The van der Waals surface area contributed by atoms with Crippen LogP contribution in [0.5, 0.6) is 5.95 Å². The van der Waals surface area contributed by atoms with Crippen molar-refractivity contribution in [2.24, 2.45) is 0 Å². The highest BCUT2D eigenvalue weighted by atomic mass is 16.6. The van der Waals surface area contributed by atoms with Gasteiger partial charge in [0.25, 0.3) is 0 Å². The summed E-state index contributed by atoms with van der Waals surface area (Å²) in [5, 5.41) is 14.9. The molecule has 0 unspecified atom stereocenters. The molecule has 2 aromatic rings. The molecule has 0 fully saturated rings. The van der Waals surface area contributed by atoms with Crippen molar-refractivity contribution in [3.05, 3.63) is 35.5 Å². The van der Waals surface area contributed by atoms with Gasteiger partial charge in [-0.05, 0) is 23.7 Å². The molecule has 1 aromatic heterocycles. The van der Waals surface area contributed by atoms with Gasteiger partial charge >= 0.3 is 11.7 Å². The average Bonchev–Trinajstić information content (AvgIpc) is 2.81. The highest BCUT2D eigenvalue weighted by molar-refractivity contribution is 5.92. The summed E-state index contributed by atoms with van der Waals surface area (Å²) in [6.45, 7) is 3.25. The molecule has 7 heteroatoms. The number of carbonyl (C=O) groups is 2. The van der Waals surface area contributed by atoms with Crippen LogP contribution in [0.1, 0.15) is 34.7 Å². The van der Waals surface area contributed by atoms with Gasteiger partial charge in [0.2, 0.25) is 11.5 Å². The van der Waals surface area contributed by atoms with Crippen LogP contribution in [0, 0.1) is 0 Å². The fourth-order valence-electron chi connectivity index (χ4n) is 1.67. The predicted octanol–water partition coefficient (Wildman–Crippen LogP) is 0.404. The maximum absolute atomic E-state index is 11.5. The van der Waals surface area contributed by atoms with E-state index >= 15 is 0 Å². The molecule has 1 aromatic carbocycles. The molecule has 0 aliphatic rings. The Kier molecular flexibility index (Phi) is 3.79. The second-order valence-corrected chi connectivity index (χ2v) is 3.94. The maximum Gasteiger partial charge on any atom is 0.338 e. The molecule has 2 rings (SSSR count). The van der Waals surface area contributed by atoms with E-state index in [1.165, 1.54) is 19.1 Å². The molecular weight excluding hydrogens is 264 g/mol. The molecular formula is C13H12N2O5. The molecule has 0 radical (unpaired) electrons. The van der Waals surface area contributed by atoms with Crippen molar-refractivity contribution in [1.29, 1.82) is 0 Å². The Balaban J connectivity index is 2.36. The summed E-state index contributed by atoms with van der Waals surface area (Å²) in [5.41, 5.74) is 0.634. The number of aromatic nitrogens is 2. The molecule has 20 heavy (non-hydrogen) atoms. The largest absolute Gasteiger partial charge is 0.539 e. The Morgan fingerprint density at radius 1 is 1.35 bits per heavy atom. The Morgan fingerprint density at radius 2 is 2.00 bits per heavy atom. The number of carbonyl (C=O) groups excluding carboxylic acids is 2. The first-order chi connectivity index (χ1) is 9.54. The van der Waals surface area contributed by atoms with Crippen LogP contribution in [0.25, 0.3) is 5.69 Å². The summed E-state index contributed by atoms with van der Waals surface area (Å²) in [5.74, 6) is -1.70. The Labute approximate surface area is 114 Å². The average molecular weight is 276 g/mol. The number of ether oxygens (including phenoxy) is 1. The van der Waals surface area contributed by atoms with Crippen molar-refractivity contribution in [1.82, 2.24) is 5.27 Å². The van der Waals surface area contributed by atoms with E-state index in [-0.39, 0.29) is 12.3 Å². The number of nitrogens with zero attached hydrogens (tertiary/aromatic N) is 2. The summed E-state index contributed by atoms with van der Waals surface area (Å²) < 4.78 is 10.4. The molecule has 0 N–H and O–H groups in total. The Bertz CT molecular complexity index is 645. The van der Waals surface area contributed by atoms with Crippen molar-refractivity contribution >= 4 is 11.8 Å². The van der Waals surface area contributed by atoms with Crippen LogP contribution in [0.2, 0.25) is 0 Å². The van der Waals surface area contributed by atoms with Crippen molar-refractivity contribution in [3.8, 4) is 11.6 Å². The van der Waals surface area contributed by atoms with Crippen LogP contribution < -0.4 is 9.79 Å². The van der Waals surface area contributed by atoms with E-state index in [1.807, 2.05) is 0 Å². The lowest BCUT2D eigenvalue weighted by atomic mass is 10.2. The number of hydrogen-bond donors (Lipinski definition) is 0. The molecule has 0 atom stereocenters. The van der Waals surface area contributed by atoms with Crippen LogP contribution >= 0.6 is 0 Å². The topological polar surface area (TPSA) is 96.3 Å².